The molecule has 2 amide bonds. The van der Waals surface area contributed by atoms with Crippen LogP contribution in [0.5, 0.6) is 11.5 Å². The molecule has 202 valence electrons. The molecule has 3 rings (SSSR count). The van der Waals surface area contributed by atoms with E-state index in [1.165, 1.54) is 4.31 Å². The van der Waals surface area contributed by atoms with Gasteiger partial charge in [0, 0.05) is 32.1 Å². The molecule has 0 radical (unpaired) electrons. The van der Waals surface area contributed by atoms with Gasteiger partial charge in [-0.25, -0.2) is 8.42 Å². The van der Waals surface area contributed by atoms with Crippen LogP contribution in [0.1, 0.15) is 44.7 Å². The number of sulfonamides is 1. The number of nitrogens with one attached hydrogen (secondary N) is 1. The maximum atomic E-state index is 13.4. The maximum absolute atomic E-state index is 13.4. The number of rotatable bonds is 12. The molecule has 10 heteroatoms. The summed E-state index contributed by atoms with van der Waals surface area (Å²) in [5.41, 5.74) is 2.43. The van der Waals surface area contributed by atoms with Gasteiger partial charge in [-0.15, -0.1) is 0 Å². The van der Waals surface area contributed by atoms with Gasteiger partial charge in [-0.1, -0.05) is 38.1 Å². The number of ether oxygens (including phenoxy) is 2. The van der Waals surface area contributed by atoms with E-state index < -0.39 is 16.1 Å². The fourth-order valence-corrected chi connectivity index (χ4v) is 5.01. The van der Waals surface area contributed by atoms with Crippen molar-refractivity contribution in [3.05, 3.63) is 53.6 Å². The molecule has 1 aliphatic heterocycles. The smallest absolute Gasteiger partial charge is 0.242 e. The van der Waals surface area contributed by atoms with Gasteiger partial charge < -0.3 is 19.7 Å². The van der Waals surface area contributed by atoms with E-state index in [2.05, 4.69) is 5.32 Å². The van der Waals surface area contributed by atoms with Crippen molar-refractivity contribution in [1.29, 1.82) is 0 Å². The average molecular weight is 532 g/mol. The molecule has 0 fully saturated rings. The molecule has 0 saturated heterocycles. The Morgan fingerprint density at radius 3 is 2.43 bits per heavy atom. The molecule has 1 atom stereocenters. The minimum Gasteiger partial charge on any atom is -0.454 e. The molecule has 0 bridgehead atoms. The van der Waals surface area contributed by atoms with Crippen LogP contribution in [0.4, 0.5) is 5.69 Å². The quantitative estimate of drug-likeness (QED) is 0.450. The van der Waals surface area contributed by atoms with E-state index in [1.54, 1.807) is 30.0 Å². The third kappa shape index (κ3) is 7.61. The third-order valence-corrected chi connectivity index (χ3v) is 7.44. The summed E-state index contributed by atoms with van der Waals surface area (Å²) in [4.78, 5) is 27.8. The number of hydrogen-bond donors (Lipinski definition) is 1. The first-order valence-electron chi connectivity index (χ1n) is 12.5. The average Bonchev–Trinajstić information content (AvgIpc) is 3.31. The molecular weight excluding hydrogens is 494 g/mol. The van der Waals surface area contributed by atoms with Gasteiger partial charge in [0.2, 0.25) is 28.6 Å². The van der Waals surface area contributed by atoms with E-state index in [-0.39, 0.29) is 43.9 Å². The molecule has 0 unspecified atom stereocenters. The van der Waals surface area contributed by atoms with Crippen LogP contribution in [0.15, 0.2) is 42.5 Å². The van der Waals surface area contributed by atoms with E-state index >= 15 is 0 Å². The Morgan fingerprint density at radius 2 is 1.76 bits per heavy atom. The van der Waals surface area contributed by atoms with Crippen LogP contribution in [0.25, 0.3) is 0 Å². The predicted molar refractivity (Wildman–Crippen MR) is 143 cm³/mol. The van der Waals surface area contributed by atoms with Crippen LogP contribution in [0, 0.1) is 12.8 Å². The van der Waals surface area contributed by atoms with Crippen molar-refractivity contribution in [3.8, 4) is 11.5 Å². The van der Waals surface area contributed by atoms with Crippen LogP contribution in [0.2, 0.25) is 0 Å². The summed E-state index contributed by atoms with van der Waals surface area (Å²) in [7, 11) is -3.61. The summed E-state index contributed by atoms with van der Waals surface area (Å²) in [6.45, 7) is 8.72. The second-order valence-corrected chi connectivity index (χ2v) is 11.6. The number of fused-ring (bicyclic) bond motifs is 1. The van der Waals surface area contributed by atoms with Gasteiger partial charge in [0.25, 0.3) is 0 Å². The number of benzene rings is 2. The normalized spacial score (nSPS) is 13.4. The van der Waals surface area contributed by atoms with Gasteiger partial charge >= 0.3 is 0 Å². The van der Waals surface area contributed by atoms with Gasteiger partial charge in [0.05, 0.1) is 11.9 Å². The fraction of sp³-hybridized carbons (Fsp3) is 0.481. The first-order chi connectivity index (χ1) is 17.5. The molecule has 2 aromatic carbocycles. The lowest BCUT2D eigenvalue weighted by molar-refractivity contribution is -0.140. The predicted octanol–water partition coefficient (Wildman–Crippen LogP) is 3.46. The maximum Gasteiger partial charge on any atom is 0.242 e. The van der Waals surface area contributed by atoms with E-state index in [0.717, 1.165) is 17.4 Å². The van der Waals surface area contributed by atoms with Crippen LogP contribution >= 0.6 is 0 Å². The van der Waals surface area contributed by atoms with Crippen LogP contribution < -0.4 is 19.1 Å². The number of carbonyl (C=O) groups excluding carboxylic acids is 2. The van der Waals surface area contributed by atoms with Crippen LogP contribution in [-0.4, -0.2) is 57.3 Å². The van der Waals surface area contributed by atoms with Crippen molar-refractivity contribution >= 4 is 27.5 Å². The van der Waals surface area contributed by atoms with E-state index in [9.17, 15) is 18.0 Å². The Bertz CT molecular complexity index is 1210. The molecule has 2 aromatic rings. The zero-order valence-corrected chi connectivity index (χ0v) is 23.0. The number of carbonyl (C=O) groups is 2. The second-order valence-electron chi connectivity index (χ2n) is 9.74. The van der Waals surface area contributed by atoms with Crippen molar-refractivity contribution in [1.82, 2.24) is 10.2 Å². The van der Waals surface area contributed by atoms with Crippen molar-refractivity contribution in [3.63, 3.8) is 0 Å². The summed E-state index contributed by atoms with van der Waals surface area (Å²) < 4.78 is 37.1. The highest BCUT2D eigenvalue weighted by Gasteiger charge is 2.27. The van der Waals surface area contributed by atoms with Gasteiger partial charge in [0.15, 0.2) is 11.5 Å². The molecule has 1 aliphatic rings. The number of nitrogens with zero attached hydrogens (tertiary/aromatic N) is 2. The molecule has 1 heterocycles. The molecule has 37 heavy (non-hydrogen) atoms. The second kappa shape index (κ2) is 12.3. The molecule has 0 saturated carbocycles. The van der Waals surface area contributed by atoms with Gasteiger partial charge in [-0.3, -0.25) is 13.9 Å². The van der Waals surface area contributed by atoms with Gasteiger partial charge in [-0.05, 0) is 49.4 Å². The largest absolute Gasteiger partial charge is 0.454 e. The highest BCUT2D eigenvalue weighted by molar-refractivity contribution is 7.92. The lowest BCUT2D eigenvalue weighted by atomic mass is 10.1. The lowest BCUT2D eigenvalue weighted by Crippen LogP contribution is -2.48. The first kappa shape index (κ1) is 28.3. The molecule has 0 aliphatic carbocycles. The fourth-order valence-electron chi connectivity index (χ4n) is 4.05. The van der Waals surface area contributed by atoms with Crippen LogP contribution in [-0.2, 0) is 26.2 Å². The Labute approximate surface area is 219 Å². The summed E-state index contributed by atoms with van der Waals surface area (Å²) in [6, 6.07) is 12.0. The highest BCUT2D eigenvalue weighted by atomic mass is 32.2. The van der Waals surface area contributed by atoms with Crippen molar-refractivity contribution in [2.45, 2.75) is 53.1 Å². The summed E-state index contributed by atoms with van der Waals surface area (Å²) in [5.74, 6) is 0.898. The number of anilines is 1. The van der Waals surface area contributed by atoms with Crippen molar-refractivity contribution < 1.29 is 27.5 Å². The molecule has 1 N–H and O–H groups in total. The number of aryl methyl sites for hydroxylation is 1. The summed E-state index contributed by atoms with van der Waals surface area (Å²) in [5, 5.41) is 2.91. The SMILES string of the molecule is Cc1ccccc1CN(C(=O)CCCN(c1ccc2c(c1)OCO2)S(C)(=O)=O)[C@@H](C)C(=O)NCC(C)C. The Hall–Kier alpha value is -3.27. The third-order valence-electron chi connectivity index (χ3n) is 6.25. The Morgan fingerprint density at radius 1 is 1.05 bits per heavy atom. The standard InChI is InChI=1S/C27H37N3O6S/c1-19(2)16-28-27(32)21(4)29(17-22-10-7-6-9-20(22)3)26(31)11-8-14-30(37(5,33)34)23-12-13-24-25(15-23)36-18-35-24/h6-7,9-10,12-13,15,19,21H,8,11,14,16-18H2,1-5H3,(H,28,32)/t21-/m0/s1. The lowest BCUT2D eigenvalue weighted by Gasteiger charge is -2.30. The van der Waals surface area contributed by atoms with Gasteiger partial charge in [-0.2, -0.15) is 0 Å². The topological polar surface area (TPSA) is 105 Å². The highest BCUT2D eigenvalue weighted by Crippen LogP contribution is 2.36. The minimum absolute atomic E-state index is 0.0876. The molecule has 0 spiro atoms. The molecule has 0 aromatic heterocycles. The Kier molecular flexibility index (Phi) is 9.42. The molecule has 9 nitrogen and oxygen atoms in total. The van der Waals surface area contributed by atoms with E-state index in [4.69, 9.17) is 9.47 Å². The zero-order chi connectivity index (χ0) is 27.2. The van der Waals surface area contributed by atoms with Crippen molar-refractivity contribution in [2.24, 2.45) is 5.92 Å². The van der Waals surface area contributed by atoms with E-state index in [0.29, 0.717) is 30.3 Å². The number of hydrogen-bond acceptors (Lipinski definition) is 6. The minimum atomic E-state index is -3.61. The van der Waals surface area contributed by atoms with Crippen LogP contribution in [0.3, 0.4) is 0 Å². The first-order valence-corrected chi connectivity index (χ1v) is 14.3. The molecular formula is C27H37N3O6S. The number of amides is 2. The monoisotopic (exact) mass is 531 g/mol. The zero-order valence-electron chi connectivity index (χ0n) is 22.2. The summed E-state index contributed by atoms with van der Waals surface area (Å²) in [6.07, 6.45) is 1.50. The Balaban J connectivity index is 1.73. The van der Waals surface area contributed by atoms with Crippen molar-refractivity contribution in [2.75, 3.05) is 30.4 Å². The van der Waals surface area contributed by atoms with E-state index in [1.807, 2.05) is 45.0 Å². The summed E-state index contributed by atoms with van der Waals surface area (Å²) >= 11 is 0. The van der Waals surface area contributed by atoms with Gasteiger partial charge in [0.1, 0.15) is 6.04 Å².